The van der Waals surface area contributed by atoms with Gasteiger partial charge >= 0.3 is 5.97 Å². The minimum atomic E-state index is -1.27. The van der Waals surface area contributed by atoms with Crippen LogP contribution >= 0.6 is 0 Å². The van der Waals surface area contributed by atoms with E-state index in [0.717, 1.165) is 38.5 Å². The highest BCUT2D eigenvalue weighted by Crippen LogP contribution is 2.34. The Bertz CT molecular complexity index is 1490. The summed E-state index contributed by atoms with van der Waals surface area (Å²) in [5, 5.41) is 24.2. The van der Waals surface area contributed by atoms with E-state index in [-0.39, 0.29) is 56.7 Å². The second kappa shape index (κ2) is 27.8. The highest BCUT2D eigenvalue weighted by Gasteiger charge is 2.43. The van der Waals surface area contributed by atoms with Gasteiger partial charge in [-0.2, -0.15) is 0 Å². The van der Waals surface area contributed by atoms with Crippen molar-refractivity contribution in [3.63, 3.8) is 0 Å². The number of hydrogen-bond acceptors (Lipinski definition) is 8. The summed E-state index contributed by atoms with van der Waals surface area (Å²) in [6.07, 6.45) is 34.1. The molecule has 0 saturated heterocycles. The summed E-state index contributed by atoms with van der Waals surface area (Å²) in [7, 11) is 0. The molecule has 1 aliphatic heterocycles. The molecule has 4 N–H and O–H groups in total. The molecule has 0 spiro atoms. The van der Waals surface area contributed by atoms with E-state index in [1.165, 1.54) is 6.08 Å². The van der Waals surface area contributed by atoms with Crippen molar-refractivity contribution in [1.29, 1.82) is 0 Å². The number of carbonyl (C=O) groups excluding carboxylic acids is 4. The standard InChI is InChI=1S/C44H60N2O8/c1-3-4-5-6-7-8-9-10-11-12-13-14-15-16-17-18-19-20-24-30-41(50)46-38(43(52)53-35-36(33-47)34-48)29-25-26-31-45-42(51)39-32-40(49)44(2,54-39)37-27-22-21-23-28-37/h4-5,7-8,10-11,13-14,16-17,19-23,27-28,32,36,38,47-48H,3,6,9,12,15,18,24-26,29-31,33-35H2,1-2H3,(H,45,51)(H,46,50). The molecule has 10 heteroatoms. The number of allylic oxidation sites excluding steroid dienone is 12. The zero-order valence-corrected chi connectivity index (χ0v) is 32.0. The van der Waals surface area contributed by atoms with E-state index in [0.29, 0.717) is 24.8 Å². The molecule has 0 radical (unpaired) electrons. The smallest absolute Gasteiger partial charge is 0.328 e. The zero-order valence-electron chi connectivity index (χ0n) is 32.0. The van der Waals surface area contributed by atoms with Gasteiger partial charge in [0.15, 0.2) is 11.4 Å². The fraction of sp³-hybridized carbons (Fsp3) is 0.455. The summed E-state index contributed by atoms with van der Waals surface area (Å²) < 4.78 is 11.1. The van der Waals surface area contributed by atoms with E-state index in [9.17, 15) is 29.4 Å². The molecule has 1 aromatic rings. The molecule has 2 atom stereocenters. The lowest BCUT2D eigenvalue weighted by molar-refractivity contribution is -0.150. The number of benzene rings is 1. The number of carbonyl (C=O) groups is 4. The largest absolute Gasteiger partial charge is 0.469 e. The van der Waals surface area contributed by atoms with E-state index < -0.39 is 29.4 Å². The molecule has 0 bridgehead atoms. The van der Waals surface area contributed by atoms with Crippen LogP contribution in [0.5, 0.6) is 0 Å². The van der Waals surface area contributed by atoms with Gasteiger partial charge in [-0.05, 0) is 71.1 Å². The lowest BCUT2D eigenvalue weighted by atomic mass is 9.92. The third kappa shape index (κ3) is 18.3. The first-order chi connectivity index (χ1) is 26.2. The van der Waals surface area contributed by atoms with E-state index in [4.69, 9.17) is 9.47 Å². The van der Waals surface area contributed by atoms with Gasteiger partial charge in [0.25, 0.3) is 5.91 Å². The first-order valence-corrected chi connectivity index (χ1v) is 19.1. The van der Waals surface area contributed by atoms with Gasteiger partial charge in [-0.3, -0.25) is 14.4 Å². The molecule has 2 rings (SSSR count). The maximum atomic E-state index is 12.9. The number of nitrogens with one attached hydrogen (secondary N) is 2. The summed E-state index contributed by atoms with van der Waals surface area (Å²) in [6, 6.07) is 8.04. The van der Waals surface area contributed by atoms with Gasteiger partial charge in [0.1, 0.15) is 6.04 Å². The van der Waals surface area contributed by atoms with Gasteiger partial charge in [0.05, 0.1) is 19.8 Å². The molecule has 1 heterocycles. The Morgan fingerprint density at radius 2 is 1.37 bits per heavy atom. The molecule has 54 heavy (non-hydrogen) atoms. The third-order valence-electron chi connectivity index (χ3n) is 8.53. The summed E-state index contributed by atoms with van der Waals surface area (Å²) in [6.45, 7) is 3.15. The molecule has 2 unspecified atom stereocenters. The average Bonchev–Trinajstić information content (AvgIpc) is 3.50. The molecule has 294 valence electrons. The minimum Gasteiger partial charge on any atom is -0.469 e. The number of ether oxygens (including phenoxy) is 2. The molecular weight excluding hydrogens is 684 g/mol. The Morgan fingerprint density at radius 1 is 0.815 bits per heavy atom. The summed E-state index contributed by atoms with van der Waals surface area (Å²) in [5.41, 5.74) is -0.618. The molecular formula is C44H60N2O8. The summed E-state index contributed by atoms with van der Waals surface area (Å²) in [4.78, 5) is 51.0. The van der Waals surface area contributed by atoms with Gasteiger partial charge in [0.2, 0.25) is 11.7 Å². The number of aliphatic hydroxyl groups is 2. The molecule has 0 aromatic heterocycles. The fourth-order valence-electron chi connectivity index (χ4n) is 5.22. The van der Waals surface area contributed by atoms with Crippen LogP contribution in [0.15, 0.2) is 115 Å². The van der Waals surface area contributed by atoms with Crippen molar-refractivity contribution in [1.82, 2.24) is 10.6 Å². The van der Waals surface area contributed by atoms with Crippen molar-refractivity contribution in [2.24, 2.45) is 5.92 Å². The Kier molecular flexibility index (Phi) is 23.3. The normalized spacial score (nSPS) is 16.8. The average molecular weight is 745 g/mol. The summed E-state index contributed by atoms with van der Waals surface area (Å²) >= 11 is 0. The minimum absolute atomic E-state index is 0.0608. The van der Waals surface area contributed by atoms with E-state index in [1.807, 2.05) is 18.2 Å². The number of unbranched alkanes of at least 4 members (excludes halogenated alkanes) is 1. The predicted octanol–water partition coefficient (Wildman–Crippen LogP) is 6.78. The molecule has 0 aliphatic carbocycles. The van der Waals surface area contributed by atoms with Crippen molar-refractivity contribution in [2.45, 2.75) is 96.1 Å². The van der Waals surface area contributed by atoms with E-state index >= 15 is 0 Å². The lowest BCUT2D eigenvalue weighted by Gasteiger charge is -2.24. The molecule has 10 nitrogen and oxygen atoms in total. The number of esters is 1. The van der Waals surface area contributed by atoms with Crippen molar-refractivity contribution in [2.75, 3.05) is 26.4 Å². The second-order valence-corrected chi connectivity index (χ2v) is 13.1. The Morgan fingerprint density at radius 3 is 1.93 bits per heavy atom. The monoisotopic (exact) mass is 744 g/mol. The molecule has 0 fully saturated rings. The topological polar surface area (TPSA) is 151 Å². The zero-order chi connectivity index (χ0) is 39.3. The van der Waals surface area contributed by atoms with E-state index in [2.05, 4.69) is 78.3 Å². The molecule has 0 saturated carbocycles. The predicted molar refractivity (Wildman–Crippen MR) is 213 cm³/mol. The van der Waals surface area contributed by atoms with Crippen LogP contribution in [-0.2, 0) is 34.3 Å². The van der Waals surface area contributed by atoms with E-state index in [1.54, 1.807) is 31.2 Å². The van der Waals surface area contributed by atoms with Crippen molar-refractivity contribution in [3.8, 4) is 0 Å². The van der Waals surface area contributed by atoms with Gasteiger partial charge in [-0.25, -0.2) is 4.79 Å². The molecule has 2 amide bonds. The van der Waals surface area contributed by atoms with Crippen molar-refractivity contribution in [3.05, 3.63) is 121 Å². The van der Waals surface area contributed by atoms with Crippen LogP contribution in [0.3, 0.4) is 0 Å². The highest BCUT2D eigenvalue weighted by atomic mass is 16.5. The SMILES string of the molecule is CCC=CCC=CCC=CCC=CCC=CCC=CCCC(=O)NC(CCCCNC(=O)C1=CC(=O)C(C)(c2ccccc2)O1)C(=O)OCC(CO)CO. The molecule has 1 aliphatic rings. The van der Waals surface area contributed by atoms with Gasteiger partial charge < -0.3 is 30.3 Å². The number of hydrogen-bond donors (Lipinski definition) is 4. The van der Waals surface area contributed by atoms with Crippen LogP contribution < -0.4 is 10.6 Å². The van der Waals surface area contributed by atoms with Crippen molar-refractivity contribution < 1.29 is 38.9 Å². The van der Waals surface area contributed by atoms with Gasteiger partial charge in [-0.15, -0.1) is 0 Å². The number of aliphatic hydroxyl groups excluding tert-OH is 2. The summed E-state index contributed by atoms with van der Waals surface area (Å²) in [5.74, 6) is -2.47. The number of ketones is 1. The Hall–Kier alpha value is -4.80. The Balaban J connectivity index is 1.71. The Labute approximate surface area is 321 Å². The van der Waals surface area contributed by atoms with Gasteiger partial charge in [0, 0.05) is 30.5 Å². The van der Waals surface area contributed by atoms with Crippen LogP contribution in [0.2, 0.25) is 0 Å². The maximum Gasteiger partial charge on any atom is 0.328 e. The van der Waals surface area contributed by atoms with Crippen LogP contribution in [0.4, 0.5) is 0 Å². The number of amides is 2. The van der Waals surface area contributed by atoms with Crippen LogP contribution in [-0.4, -0.2) is 66.2 Å². The first kappa shape index (κ1) is 45.4. The lowest BCUT2D eigenvalue weighted by Crippen LogP contribution is -2.42. The highest BCUT2D eigenvalue weighted by molar-refractivity contribution is 6.07. The maximum absolute atomic E-state index is 12.9. The second-order valence-electron chi connectivity index (χ2n) is 13.1. The van der Waals surface area contributed by atoms with Crippen LogP contribution in [0.1, 0.15) is 90.0 Å². The first-order valence-electron chi connectivity index (χ1n) is 19.1. The number of rotatable bonds is 27. The van der Waals surface area contributed by atoms with Gasteiger partial charge in [-0.1, -0.05) is 110 Å². The fourth-order valence-corrected chi connectivity index (χ4v) is 5.22. The van der Waals surface area contributed by atoms with Crippen LogP contribution in [0, 0.1) is 5.92 Å². The molecule has 1 aromatic carbocycles. The third-order valence-corrected chi connectivity index (χ3v) is 8.53. The van der Waals surface area contributed by atoms with Crippen molar-refractivity contribution >= 4 is 23.6 Å². The quantitative estimate of drug-likeness (QED) is 0.0438. The van der Waals surface area contributed by atoms with Crippen LogP contribution in [0.25, 0.3) is 0 Å².